The third-order valence-electron chi connectivity index (χ3n) is 5.40. The van der Waals surface area contributed by atoms with Crippen molar-refractivity contribution in [1.29, 1.82) is 0 Å². The Morgan fingerprint density at radius 3 is 2.88 bits per heavy atom. The van der Waals surface area contributed by atoms with Crippen molar-refractivity contribution in [3.05, 3.63) is 81.0 Å². The van der Waals surface area contributed by atoms with Crippen molar-refractivity contribution in [2.75, 3.05) is 11.9 Å². The van der Waals surface area contributed by atoms with E-state index in [-0.39, 0.29) is 11.7 Å². The molecule has 1 aliphatic rings. The highest BCUT2D eigenvalue weighted by atomic mass is 32.1. The summed E-state index contributed by atoms with van der Waals surface area (Å²) in [4.78, 5) is 38.0. The SMILES string of the molecule is O=C(Nc1nc2cc(C(=O)c3cccs3)ccc2[nH]1)c1csc(-c2ccc3c(c2)CCO3)n1. The summed E-state index contributed by atoms with van der Waals surface area (Å²) in [5.41, 5.74) is 4.33. The smallest absolute Gasteiger partial charge is 0.277 e. The number of amides is 1. The van der Waals surface area contributed by atoms with Gasteiger partial charge in [-0.25, -0.2) is 9.97 Å². The van der Waals surface area contributed by atoms with Gasteiger partial charge in [0, 0.05) is 22.9 Å². The Morgan fingerprint density at radius 2 is 2.00 bits per heavy atom. The number of ketones is 1. The molecule has 3 aromatic heterocycles. The quantitative estimate of drug-likeness (QED) is 0.344. The number of rotatable bonds is 5. The van der Waals surface area contributed by atoms with E-state index in [0.29, 0.717) is 34.2 Å². The van der Waals surface area contributed by atoms with E-state index in [1.807, 2.05) is 23.6 Å². The van der Waals surface area contributed by atoms with Gasteiger partial charge in [-0.2, -0.15) is 0 Å². The van der Waals surface area contributed by atoms with Gasteiger partial charge in [0.2, 0.25) is 11.7 Å². The first-order chi connectivity index (χ1) is 16.1. The molecule has 2 aromatic carbocycles. The number of nitrogens with zero attached hydrogens (tertiary/aromatic N) is 2. The number of thiazole rings is 1. The average molecular weight is 473 g/mol. The van der Waals surface area contributed by atoms with Crippen LogP contribution in [0.4, 0.5) is 5.95 Å². The minimum atomic E-state index is -0.351. The fourth-order valence-electron chi connectivity index (χ4n) is 3.76. The molecule has 162 valence electrons. The van der Waals surface area contributed by atoms with Crippen LogP contribution in [0, 0.1) is 0 Å². The third-order valence-corrected chi connectivity index (χ3v) is 7.16. The van der Waals surface area contributed by atoms with Crippen molar-refractivity contribution in [3.8, 4) is 16.3 Å². The normalized spacial score (nSPS) is 12.5. The lowest BCUT2D eigenvalue weighted by Gasteiger charge is -2.01. The van der Waals surface area contributed by atoms with Crippen molar-refractivity contribution in [1.82, 2.24) is 15.0 Å². The second-order valence-corrected chi connectivity index (χ2v) is 9.34. The largest absolute Gasteiger partial charge is 0.493 e. The number of thiophene rings is 1. The maximum Gasteiger partial charge on any atom is 0.277 e. The molecule has 1 aliphatic heterocycles. The summed E-state index contributed by atoms with van der Waals surface area (Å²) in [7, 11) is 0. The van der Waals surface area contributed by atoms with Crippen LogP contribution < -0.4 is 10.1 Å². The van der Waals surface area contributed by atoms with Crippen molar-refractivity contribution in [2.24, 2.45) is 0 Å². The molecule has 7 nitrogen and oxygen atoms in total. The minimum Gasteiger partial charge on any atom is -0.493 e. The summed E-state index contributed by atoms with van der Waals surface area (Å²) in [6.07, 6.45) is 0.884. The van der Waals surface area contributed by atoms with Gasteiger partial charge in [-0.15, -0.1) is 22.7 Å². The standard InChI is InChI=1S/C24H16N4O3S2/c29-21(20-2-1-9-32-20)14-3-5-16-17(11-14)27-24(26-16)28-22(30)18-12-33-23(25-18)15-4-6-19-13(10-15)7-8-31-19/h1-6,9-12H,7-8H2,(H2,26,27,28,30). The molecule has 0 aliphatic carbocycles. The Hall–Kier alpha value is -3.82. The number of nitrogens with one attached hydrogen (secondary N) is 2. The number of imidazole rings is 1. The predicted octanol–water partition coefficient (Wildman–Crippen LogP) is 5.17. The second kappa shape index (κ2) is 7.95. The Morgan fingerprint density at radius 1 is 1.06 bits per heavy atom. The van der Waals surface area contributed by atoms with Gasteiger partial charge in [0.1, 0.15) is 16.5 Å². The van der Waals surface area contributed by atoms with Crippen LogP contribution in [0.5, 0.6) is 5.75 Å². The maximum atomic E-state index is 12.8. The summed E-state index contributed by atoms with van der Waals surface area (Å²) in [5, 5.41) is 7.14. The molecule has 0 saturated heterocycles. The first-order valence-electron chi connectivity index (χ1n) is 10.2. The monoisotopic (exact) mass is 472 g/mol. The molecule has 33 heavy (non-hydrogen) atoms. The number of aromatic nitrogens is 3. The number of fused-ring (bicyclic) bond motifs is 2. The highest BCUT2D eigenvalue weighted by Crippen LogP contribution is 2.32. The van der Waals surface area contributed by atoms with Crippen LogP contribution in [0.3, 0.4) is 0 Å². The summed E-state index contributed by atoms with van der Waals surface area (Å²) in [5.74, 6) is 0.822. The zero-order valence-electron chi connectivity index (χ0n) is 17.1. The summed E-state index contributed by atoms with van der Waals surface area (Å²) < 4.78 is 5.55. The number of carbonyl (C=O) groups excluding carboxylic acids is 2. The molecule has 1 amide bonds. The van der Waals surface area contributed by atoms with Gasteiger partial charge in [-0.1, -0.05) is 6.07 Å². The van der Waals surface area contributed by atoms with Crippen LogP contribution >= 0.6 is 22.7 Å². The van der Waals surface area contributed by atoms with Gasteiger partial charge in [-0.3, -0.25) is 14.9 Å². The lowest BCUT2D eigenvalue weighted by atomic mass is 10.1. The summed E-state index contributed by atoms with van der Waals surface area (Å²) >= 11 is 2.82. The van der Waals surface area contributed by atoms with E-state index in [2.05, 4.69) is 26.3 Å². The van der Waals surface area contributed by atoms with Crippen LogP contribution in [0.1, 0.15) is 31.3 Å². The molecule has 9 heteroatoms. The predicted molar refractivity (Wildman–Crippen MR) is 129 cm³/mol. The Kier molecular flexibility index (Phi) is 4.78. The first kappa shape index (κ1) is 19.8. The van der Waals surface area contributed by atoms with Crippen molar-refractivity contribution in [2.45, 2.75) is 6.42 Å². The van der Waals surface area contributed by atoms with Gasteiger partial charge >= 0.3 is 0 Å². The topological polar surface area (TPSA) is 97.0 Å². The van der Waals surface area contributed by atoms with Crippen LogP contribution in [-0.4, -0.2) is 33.2 Å². The average Bonchev–Trinajstić information content (AvgIpc) is 3.63. The van der Waals surface area contributed by atoms with E-state index in [1.165, 1.54) is 22.7 Å². The summed E-state index contributed by atoms with van der Waals surface area (Å²) in [6, 6.07) is 14.9. The van der Waals surface area contributed by atoms with Crippen molar-refractivity contribution in [3.63, 3.8) is 0 Å². The molecule has 0 unspecified atom stereocenters. The van der Waals surface area contributed by atoms with Gasteiger partial charge in [0.15, 0.2) is 0 Å². The van der Waals surface area contributed by atoms with Crippen molar-refractivity contribution >= 4 is 51.3 Å². The molecule has 0 spiro atoms. The van der Waals surface area contributed by atoms with E-state index in [0.717, 1.165) is 33.8 Å². The maximum absolute atomic E-state index is 12.8. The van der Waals surface area contributed by atoms with Crippen LogP contribution in [0.25, 0.3) is 21.6 Å². The van der Waals surface area contributed by atoms with E-state index >= 15 is 0 Å². The number of aromatic amines is 1. The molecule has 0 atom stereocenters. The molecule has 4 heterocycles. The Balaban J connectivity index is 1.21. The highest BCUT2D eigenvalue weighted by molar-refractivity contribution is 7.13. The molecule has 5 aromatic rings. The number of hydrogen-bond donors (Lipinski definition) is 2. The fourth-order valence-corrected chi connectivity index (χ4v) is 5.24. The molecule has 0 bridgehead atoms. The first-order valence-corrected chi connectivity index (χ1v) is 12.0. The number of benzene rings is 2. The molecule has 0 saturated carbocycles. The second-order valence-electron chi connectivity index (χ2n) is 7.54. The van der Waals surface area contributed by atoms with Gasteiger partial charge < -0.3 is 9.72 Å². The molecular weight excluding hydrogens is 456 g/mol. The number of ether oxygens (including phenoxy) is 1. The number of anilines is 1. The minimum absolute atomic E-state index is 0.0476. The molecule has 2 N–H and O–H groups in total. The number of carbonyl (C=O) groups is 2. The summed E-state index contributed by atoms with van der Waals surface area (Å²) in [6.45, 7) is 0.700. The molecule has 6 rings (SSSR count). The van der Waals surface area contributed by atoms with Crippen LogP contribution in [0.15, 0.2) is 59.3 Å². The molecule has 0 radical (unpaired) electrons. The Labute approximate surface area is 196 Å². The molecular formula is C24H16N4O3S2. The number of H-pyrrole nitrogens is 1. The van der Waals surface area contributed by atoms with Crippen LogP contribution in [0.2, 0.25) is 0 Å². The van der Waals surface area contributed by atoms with Gasteiger partial charge in [0.05, 0.1) is 22.5 Å². The fraction of sp³-hybridized carbons (Fsp3) is 0.0833. The lowest BCUT2D eigenvalue weighted by molar-refractivity contribution is 0.101. The van der Waals surface area contributed by atoms with Crippen LogP contribution in [-0.2, 0) is 6.42 Å². The highest BCUT2D eigenvalue weighted by Gasteiger charge is 2.18. The Bertz CT molecular complexity index is 1520. The zero-order chi connectivity index (χ0) is 22.4. The zero-order valence-corrected chi connectivity index (χ0v) is 18.8. The van der Waals surface area contributed by atoms with Crippen molar-refractivity contribution < 1.29 is 14.3 Å². The lowest BCUT2D eigenvalue weighted by Crippen LogP contribution is -2.13. The van der Waals surface area contributed by atoms with E-state index in [1.54, 1.807) is 29.6 Å². The number of hydrogen-bond acceptors (Lipinski definition) is 7. The third kappa shape index (κ3) is 3.71. The van der Waals surface area contributed by atoms with Gasteiger partial charge in [0.25, 0.3) is 5.91 Å². The van der Waals surface area contributed by atoms with E-state index in [4.69, 9.17) is 4.74 Å². The molecule has 0 fully saturated rings. The van der Waals surface area contributed by atoms with E-state index < -0.39 is 0 Å². The van der Waals surface area contributed by atoms with Gasteiger partial charge in [-0.05, 0) is 53.4 Å². The van der Waals surface area contributed by atoms with E-state index in [9.17, 15) is 9.59 Å².